The number of benzene rings is 1. The molecule has 0 radical (unpaired) electrons. The highest BCUT2D eigenvalue weighted by Crippen LogP contribution is 2.41. The number of rotatable bonds is 10. The minimum Gasteiger partial charge on any atom is -0.497 e. The Morgan fingerprint density at radius 2 is 1.61 bits per heavy atom. The van der Waals surface area contributed by atoms with Gasteiger partial charge in [-0.05, 0) is 67.8 Å². The van der Waals surface area contributed by atoms with E-state index in [4.69, 9.17) is 13.2 Å². The molecule has 38 heavy (non-hydrogen) atoms. The van der Waals surface area contributed by atoms with Gasteiger partial charge in [0.1, 0.15) is 30.5 Å². The number of methoxy groups -OCH3 is 1. The fourth-order valence-electron chi connectivity index (χ4n) is 3.02. The van der Waals surface area contributed by atoms with Crippen LogP contribution in [0.25, 0.3) is 0 Å². The van der Waals surface area contributed by atoms with Gasteiger partial charge in [-0.15, -0.1) is 11.3 Å². The predicted octanol–water partition coefficient (Wildman–Crippen LogP) is 7.48. The third-order valence-electron chi connectivity index (χ3n) is 7.88. The van der Waals surface area contributed by atoms with Crippen LogP contribution in [0.1, 0.15) is 72.0 Å². The average Bonchev–Trinajstić information content (AvgIpc) is 3.28. The Morgan fingerprint density at radius 3 is 2.08 bits per heavy atom. The topological polar surface area (TPSA) is 93.0 Å². The zero-order chi connectivity index (χ0) is 29.4. The summed E-state index contributed by atoms with van der Waals surface area (Å²) in [6.07, 6.45) is 1.60. The van der Waals surface area contributed by atoms with Crippen LogP contribution in [0, 0.1) is 0 Å². The Balaban J connectivity index is 2.50. The van der Waals surface area contributed by atoms with E-state index in [0.717, 1.165) is 11.3 Å². The Hall–Kier alpha value is -1.09. The van der Waals surface area contributed by atoms with Crippen molar-refractivity contribution in [2.24, 2.45) is 4.03 Å². The monoisotopic (exact) mass is 599 g/mol. The minimum atomic E-state index is -3.06. The second-order valence-electron chi connectivity index (χ2n) is 13.3. The van der Waals surface area contributed by atoms with Crippen LogP contribution >= 0.6 is 11.3 Å². The van der Waals surface area contributed by atoms with Gasteiger partial charge < -0.3 is 14.3 Å². The van der Waals surface area contributed by atoms with Gasteiger partial charge in [-0.2, -0.15) is 0 Å². The molecule has 0 bridgehead atoms. The van der Waals surface area contributed by atoms with Gasteiger partial charge in [0, 0.05) is 6.04 Å². The molecule has 1 aromatic heterocycles. The lowest BCUT2D eigenvalue weighted by Crippen LogP contribution is -2.44. The Labute approximate surface area is 237 Å². The van der Waals surface area contributed by atoms with Crippen LogP contribution < -0.4 is 9.46 Å². The first-order valence-corrected chi connectivity index (χ1v) is 21.3. The maximum absolute atomic E-state index is 14.7. The van der Waals surface area contributed by atoms with E-state index in [1.54, 1.807) is 20.2 Å². The highest BCUT2D eigenvalue weighted by molar-refractivity contribution is 7.94. The van der Waals surface area contributed by atoms with Crippen molar-refractivity contribution in [3.8, 4) is 5.75 Å². The van der Waals surface area contributed by atoms with Gasteiger partial charge in [0.05, 0.1) is 19.9 Å². The molecular formula is C27H49N3O4S2Si2. The van der Waals surface area contributed by atoms with Crippen molar-refractivity contribution in [2.45, 2.75) is 108 Å². The highest BCUT2D eigenvalue weighted by Gasteiger charge is 2.41. The summed E-state index contributed by atoms with van der Waals surface area (Å²) < 4.78 is 35.3. The third-order valence-corrected chi connectivity index (χ3v) is 22.2. The standard InChI is InChI=1S/C27H49N3O4S2Si2/c1-20(21-14-16-22(33-9)17-15-21)29-36(32,30-37(10,11)25(2,3)4)23-18-28-24(35-23)27(8,31)19-34-38(12,13)26(5,6)7/h14-18,20,31H,19H2,1-13H3,(H,29,30,32)/t20-,27-,36-/m0/s1. The van der Waals surface area contributed by atoms with Gasteiger partial charge in [0.15, 0.2) is 16.6 Å². The van der Waals surface area contributed by atoms with Crippen LogP contribution in [0.4, 0.5) is 0 Å². The van der Waals surface area contributed by atoms with Crippen molar-refractivity contribution in [1.29, 1.82) is 0 Å². The summed E-state index contributed by atoms with van der Waals surface area (Å²) in [7, 11) is -5.83. The summed E-state index contributed by atoms with van der Waals surface area (Å²) in [5.41, 5.74) is -0.333. The predicted molar refractivity (Wildman–Crippen MR) is 165 cm³/mol. The third kappa shape index (κ3) is 7.76. The molecule has 0 saturated heterocycles. The quantitative estimate of drug-likeness (QED) is 0.276. The van der Waals surface area contributed by atoms with Gasteiger partial charge in [-0.1, -0.05) is 53.7 Å². The summed E-state index contributed by atoms with van der Waals surface area (Å²) in [6.45, 7) is 25.4. The number of ether oxygens (including phenoxy) is 1. The molecule has 3 atom stereocenters. The summed E-state index contributed by atoms with van der Waals surface area (Å²) in [5.74, 6) is 0.766. The molecule has 1 heterocycles. The maximum atomic E-state index is 14.7. The van der Waals surface area contributed by atoms with Crippen molar-refractivity contribution in [1.82, 2.24) is 9.71 Å². The number of nitrogens with zero attached hydrogens (tertiary/aromatic N) is 2. The minimum absolute atomic E-state index is 0.0228. The maximum Gasteiger partial charge on any atom is 0.195 e. The number of hydrogen-bond acceptors (Lipinski definition) is 7. The molecule has 0 aliphatic carbocycles. The summed E-state index contributed by atoms with van der Waals surface area (Å²) >= 11 is 1.24. The van der Waals surface area contributed by atoms with E-state index in [1.165, 1.54) is 11.3 Å². The first-order valence-electron chi connectivity index (χ1n) is 13.1. The Morgan fingerprint density at radius 1 is 1.05 bits per heavy atom. The van der Waals surface area contributed by atoms with Gasteiger partial charge in [-0.25, -0.2) is 13.9 Å². The fraction of sp³-hybridized carbons (Fsp3) is 0.667. The molecule has 2 aromatic rings. The van der Waals surface area contributed by atoms with Crippen LogP contribution in [0.2, 0.25) is 36.3 Å². The van der Waals surface area contributed by atoms with Gasteiger partial charge in [0.25, 0.3) is 0 Å². The molecule has 0 fully saturated rings. The molecule has 0 amide bonds. The van der Waals surface area contributed by atoms with Gasteiger partial charge in [-0.3, -0.25) is 4.03 Å². The lowest BCUT2D eigenvalue weighted by atomic mass is 10.1. The van der Waals surface area contributed by atoms with Crippen LogP contribution in [-0.2, 0) is 19.9 Å². The van der Waals surface area contributed by atoms with Crippen molar-refractivity contribution >= 4 is 37.8 Å². The number of aliphatic hydroxyl groups is 1. The van der Waals surface area contributed by atoms with E-state index in [9.17, 15) is 9.32 Å². The molecule has 11 heteroatoms. The van der Waals surface area contributed by atoms with Crippen molar-refractivity contribution in [2.75, 3.05) is 13.7 Å². The van der Waals surface area contributed by atoms with Gasteiger partial charge >= 0.3 is 0 Å². The smallest absolute Gasteiger partial charge is 0.195 e. The molecule has 2 rings (SSSR count). The van der Waals surface area contributed by atoms with Crippen molar-refractivity contribution in [3.63, 3.8) is 0 Å². The van der Waals surface area contributed by atoms with E-state index < -0.39 is 32.1 Å². The van der Waals surface area contributed by atoms with E-state index in [1.807, 2.05) is 31.2 Å². The van der Waals surface area contributed by atoms with Crippen molar-refractivity contribution < 1.29 is 18.5 Å². The van der Waals surface area contributed by atoms with Crippen LogP contribution in [0.3, 0.4) is 0 Å². The first-order chi connectivity index (χ1) is 17.0. The lowest BCUT2D eigenvalue weighted by Gasteiger charge is -2.38. The van der Waals surface area contributed by atoms with E-state index in [0.29, 0.717) is 9.22 Å². The molecule has 0 aliphatic rings. The van der Waals surface area contributed by atoms with Crippen LogP contribution in [0.5, 0.6) is 5.75 Å². The molecule has 216 valence electrons. The van der Waals surface area contributed by atoms with E-state index in [2.05, 4.69) is 77.4 Å². The van der Waals surface area contributed by atoms with E-state index >= 15 is 0 Å². The molecule has 1 aromatic carbocycles. The molecule has 0 spiro atoms. The average molecular weight is 600 g/mol. The zero-order valence-corrected chi connectivity index (χ0v) is 29.2. The van der Waals surface area contributed by atoms with Crippen LogP contribution in [0.15, 0.2) is 38.7 Å². The number of aromatic nitrogens is 1. The van der Waals surface area contributed by atoms with Crippen LogP contribution in [-0.4, -0.2) is 44.6 Å². The van der Waals surface area contributed by atoms with E-state index in [-0.39, 0.29) is 22.7 Å². The summed E-state index contributed by atoms with van der Waals surface area (Å²) in [4.78, 5) is 4.54. The molecule has 0 unspecified atom stereocenters. The van der Waals surface area contributed by atoms with Crippen molar-refractivity contribution in [3.05, 3.63) is 41.0 Å². The molecule has 0 saturated carbocycles. The highest BCUT2D eigenvalue weighted by atomic mass is 32.2. The lowest BCUT2D eigenvalue weighted by molar-refractivity contribution is 0.00244. The molecule has 2 N–H and O–H groups in total. The first kappa shape index (κ1) is 33.1. The van der Waals surface area contributed by atoms with Gasteiger partial charge in [0.2, 0.25) is 0 Å². The number of hydrogen-bond donors (Lipinski definition) is 2. The number of thiazole rings is 1. The molecule has 7 nitrogen and oxygen atoms in total. The summed E-state index contributed by atoms with van der Waals surface area (Å²) in [6, 6.07) is 7.47. The zero-order valence-electron chi connectivity index (χ0n) is 25.6. The Kier molecular flexibility index (Phi) is 9.95. The second-order valence-corrected chi connectivity index (χ2v) is 26.5. The number of nitrogens with one attached hydrogen (secondary N) is 1. The second kappa shape index (κ2) is 11.4. The fourth-order valence-corrected chi connectivity index (χ4v) is 11.1. The SMILES string of the molecule is COc1ccc([C@H](C)N[S@](=O)(=N[Si](C)(C)C(C)(C)C)c2cnc([C@@](C)(O)CO[Si](C)(C)C(C)(C)C)s2)cc1. The summed E-state index contributed by atoms with van der Waals surface area (Å²) in [5, 5.41) is 11.8. The molecular weight excluding hydrogens is 551 g/mol. The molecule has 0 aliphatic heterocycles. The normalized spacial score (nSPS) is 17.4. The largest absolute Gasteiger partial charge is 0.497 e. The Bertz CT molecular complexity index is 1200.